The molecule has 10 heteroatoms. The molecule has 1 aromatic carbocycles. The second-order valence-electron chi connectivity index (χ2n) is 7.18. The number of rotatable bonds is 6. The molecule has 1 fully saturated rings. The quantitative estimate of drug-likeness (QED) is 0.594. The summed E-state index contributed by atoms with van der Waals surface area (Å²) in [5.41, 5.74) is -0.414. The van der Waals surface area contributed by atoms with Gasteiger partial charge in [-0.25, -0.2) is 8.42 Å². The van der Waals surface area contributed by atoms with Crippen LogP contribution in [0.5, 0.6) is 0 Å². The summed E-state index contributed by atoms with van der Waals surface area (Å²) in [5, 5.41) is 15.2. The molecule has 1 saturated heterocycles. The Kier molecular flexibility index (Phi) is 5.94. The molecule has 1 aliphatic heterocycles. The van der Waals surface area contributed by atoms with Gasteiger partial charge in [0, 0.05) is 25.2 Å². The molecule has 0 radical (unpaired) electrons. The SMILES string of the molecule is CC(O)(CNC(=O)C(=O)Nc1ccc(N2CCCS2(=O)=O)cc1)Cc1ccco1. The summed E-state index contributed by atoms with van der Waals surface area (Å²) < 4.78 is 30.4. The highest BCUT2D eigenvalue weighted by molar-refractivity contribution is 7.93. The zero-order chi connectivity index (χ0) is 21.1. The second kappa shape index (κ2) is 8.26. The smallest absolute Gasteiger partial charge is 0.313 e. The molecule has 0 aliphatic carbocycles. The van der Waals surface area contributed by atoms with Crippen LogP contribution in [0.25, 0.3) is 0 Å². The number of hydrogen-bond donors (Lipinski definition) is 3. The van der Waals surface area contributed by atoms with E-state index >= 15 is 0 Å². The third-order valence-electron chi connectivity index (χ3n) is 4.48. The van der Waals surface area contributed by atoms with Crippen LogP contribution in [-0.2, 0) is 26.0 Å². The highest BCUT2D eigenvalue weighted by Crippen LogP contribution is 2.25. The van der Waals surface area contributed by atoms with Gasteiger partial charge in [-0.2, -0.15) is 0 Å². The minimum atomic E-state index is -3.28. The molecule has 0 saturated carbocycles. The van der Waals surface area contributed by atoms with Crippen molar-refractivity contribution in [2.24, 2.45) is 0 Å². The van der Waals surface area contributed by atoms with Gasteiger partial charge in [0.25, 0.3) is 0 Å². The van der Waals surface area contributed by atoms with Gasteiger partial charge in [0.1, 0.15) is 5.76 Å². The Morgan fingerprint density at radius 2 is 1.93 bits per heavy atom. The number of anilines is 2. The lowest BCUT2D eigenvalue weighted by molar-refractivity contribution is -0.136. The van der Waals surface area contributed by atoms with Crippen LogP contribution in [0, 0.1) is 0 Å². The zero-order valence-electron chi connectivity index (χ0n) is 15.9. The van der Waals surface area contributed by atoms with Crippen molar-refractivity contribution in [1.29, 1.82) is 0 Å². The average molecular weight is 421 g/mol. The summed E-state index contributed by atoms with van der Waals surface area (Å²) in [5.74, 6) is -1.10. The molecule has 2 heterocycles. The van der Waals surface area contributed by atoms with E-state index in [2.05, 4.69) is 10.6 Å². The molecular formula is C19H23N3O6S. The van der Waals surface area contributed by atoms with Crippen LogP contribution in [-0.4, -0.2) is 49.8 Å². The number of nitrogens with one attached hydrogen (secondary N) is 2. The largest absolute Gasteiger partial charge is 0.469 e. The maximum atomic E-state index is 12.1. The summed E-state index contributed by atoms with van der Waals surface area (Å²) >= 11 is 0. The van der Waals surface area contributed by atoms with Crippen molar-refractivity contribution in [2.75, 3.05) is 28.5 Å². The van der Waals surface area contributed by atoms with Gasteiger partial charge in [0.15, 0.2) is 0 Å². The molecule has 156 valence electrons. The normalized spacial score (nSPS) is 17.5. The Bertz CT molecular complexity index is 968. The molecular weight excluding hydrogens is 398 g/mol. The fraction of sp³-hybridized carbons (Fsp3) is 0.368. The first kappa shape index (κ1) is 20.9. The predicted octanol–water partition coefficient (Wildman–Crippen LogP) is 0.868. The van der Waals surface area contributed by atoms with E-state index in [0.717, 1.165) is 0 Å². The summed E-state index contributed by atoms with van der Waals surface area (Å²) in [7, 11) is -3.28. The number of nitrogens with zero attached hydrogens (tertiary/aromatic N) is 1. The van der Waals surface area contributed by atoms with Crippen LogP contribution < -0.4 is 14.9 Å². The minimum Gasteiger partial charge on any atom is -0.469 e. The molecule has 9 nitrogen and oxygen atoms in total. The van der Waals surface area contributed by atoms with Crippen molar-refractivity contribution < 1.29 is 27.5 Å². The van der Waals surface area contributed by atoms with Gasteiger partial charge in [0.05, 0.1) is 23.3 Å². The standard InChI is InChI=1S/C19H23N3O6S/c1-19(25,12-16-4-2-10-28-16)13-20-17(23)18(24)21-14-5-7-15(8-6-14)22-9-3-11-29(22,26)27/h2,4-8,10,25H,3,9,11-13H2,1H3,(H,20,23)(H,21,24). The van der Waals surface area contributed by atoms with E-state index in [9.17, 15) is 23.1 Å². The summed E-state index contributed by atoms with van der Waals surface area (Å²) in [4.78, 5) is 24.1. The van der Waals surface area contributed by atoms with Crippen LogP contribution >= 0.6 is 0 Å². The molecule has 2 aromatic rings. The molecule has 2 amide bonds. The first-order chi connectivity index (χ1) is 13.7. The number of carbonyl (C=O) groups is 2. The third kappa shape index (κ3) is 5.36. The van der Waals surface area contributed by atoms with Crippen LogP contribution in [0.3, 0.4) is 0 Å². The van der Waals surface area contributed by atoms with Crippen LogP contribution in [0.1, 0.15) is 19.1 Å². The topological polar surface area (TPSA) is 129 Å². The minimum absolute atomic E-state index is 0.120. The average Bonchev–Trinajstić information content (AvgIpc) is 3.29. The molecule has 1 atom stereocenters. The summed E-state index contributed by atoms with van der Waals surface area (Å²) in [6.45, 7) is 1.82. The van der Waals surface area contributed by atoms with Crippen molar-refractivity contribution in [3.8, 4) is 0 Å². The molecule has 3 N–H and O–H groups in total. The van der Waals surface area contributed by atoms with Gasteiger partial charge in [-0.15, -0.1) is 0 Å². The molecule has 0 bridgehead atoms. The van der Waals surface area contributed by atoms with Gasteiger partial charge in [-0.05, 0) is 49.7 Å². The number of carbonyl (C=O) groups excluding carboxylic acids is 2. The Labute approximate surface area is 168 Å². The van der Waals surface area contributed by atoms with Gasteiger partial charge in [-0.3, -0.25) is 13.9 Å². The number of aliphatic hydroxyl groups is 1. The van der Waals surface area contributed by atoms with Crippen LogP contribution in [0.2, 0.25) is 0 Å². The Morgan fingerprint density at radius 3 is 2.52 bits per heavy atom. The van der Waals surface area contributed by atoms with Crippen molar-refractivity contribution in [1.82, 2.24) is 5.32 Å². The van der Waals surface area contributed by atoms with E-state index in [0.29, 0.717) is 30.1 Å². The Balaban J connectivity index is 1.52. The van der Waals surface area contributed by atoms with E-state index in [4.69, 9.17) is 4.42 Å². The fourth-order valence-corrected chi connectivity index (χ4v) is 4.59. The van der Waals surface area contributed by atoms with Crippen molar-refractivity contribution >= 4 is 33.2 Å². The number of furan rings is 1. The molecule has 1 aliphatic rings. The molecule has 1 unspecified atom stereocenters. The van der Waals surface area contributed by atoms with E-state index in [1.807, 2.05) is 0 Å². The van der Waals surface area contributed by atoms with Crippen molar-refractivity contribution in [3.05, 3.63) is 48.4 Å². The number of hydrogen-bond acceptors (Lipinski definition) is 6. The summed E-state index contributed by atoms with van der Waals surface area (Å²) in [6, 6.07) is 9.61. The van der Waals surface area contributed by atoms with E-state index < -0.39 is 27.4 Å². The first-order valence-electron chi connectivity index (χ1n) is 9.11. The fourth-order valence-electron chi connectivity index (χ4n) is 3.03. The Morgan fingerprint density at radius 1 is 1.21 bits per heavy atom. The van der Waals surface area contributed by atoms with E-state index in [-0.39, 0.29) is 18.7 Å². The molecule has 0 spiro atoms. The van der Waals surface area contributed by atoms with Gasteiger partial charge < -0.3 is 20.2 Å². The number of benzene rings is 1. The van der Waals surface area contributed by atoms with Crippen molar-refractivity contribution in [3.63, 3.8) is 0 Å². The highest BCUT2D eigenvalue weighted by atomic mass is 32.2. The molecule has 1 aromatic heterocycles. The zero-order valence-corrected chi connectivity index (χ0v) is 16.7. The third-order valence-corrected chi connectivity index (χ3v) is 6.35. The maximum absolute atomic E-state index is 12.1. The monoisotopic (exact) mass is 421 g/mol. The lowest BCUT2D eigenvalue weighted by Crippen LogP contribution is -2.45. The molecule has 29 heavy (non-hydrogen) atoms. The lowest BCUT2D eigenvalue weighted by Gasteiger charge is -2.22. The van der Waals surface area contributed by atoms with Crippen molar-refractivity contribution in [2.45, 2.75) is 25.4 Å². The number of sulfonamides is 1. The first-order valence-corrected chi connectivity index (χ1v) is 10.7. The van der Waals surface area contributed by atoms with Crippen LogP contribution in [0.4, 0.5) is 11.4 Å². The maximum Gasteiger partial charge on any atom is 0.313 e. The molecule has 3 rings (SSSR count). The van der Waals surface area contributed by atoms with Gasteiger partial charge in [0.2, 0.25) is 10.0 Å². The van der Waals surface area contributed by atoms with E-state index in [1.165, 1.54) is 29.6 Å². The lowest BCUT2D eigenvalue weighted by atomic mass is 10.0. The number of amides is 2. The predicted molar refractivity (Wildman–Crippen MR) is 107 cm³/mol. The second-order valence-corrected chi connectivity index (χ2v) is 9.19. The van der Waals surface area contributed by atoms with Crippen LogP contribution in [0.15, 0.2) is 47.1 Å². The summed E-state index contributed by atoms with van der Waals surface area (Å²) in [6.07, 6.45) is 2.25. The Hall–Kier alpha value is -2.85. The van der Waals surface area contributed by atoms with E-state index in [1.54, 1.807) is 24.3 Å². The van der Waals surface area contributed by atoms with Gasteiger partial charge >= 0.3 is 11.8 Å². The van der Waals surface area contributed by atoms with Gasteiger partial charge in [-0.1, -0.05) is 0 Å². The highest BCUT2D eigenvalue weighted by Gasteiger charge is 2.28.